The van der Waals surface area contributed by atoms with Gasteiger partial charge in [0.05, 0.1) is 0 Å². The fraction of sp³-hybridized carbons (Fsp3) is 0.588. The summed E-state index contributed by atoms with van der Waals surface area (Å²) >= 11 is 0. The molecule has 1 aromatic rings. The van der Waals surface area contributed by atoms with E-state index in [0.29, 0.717) is 0 Å². The first-order valence-electron chi connectivity index (χ1n) is 7.20. The van der Waals surface area contributed by atoms with E-state index in [-0.39, 0.29) is 11.2 Å². The van der Waals surface area contributed by atoms with E-state index in [1.54, 1.807) is 12.5 Å². The molecular formula is C17H22O. The van der Waals surface area contributed by atoms with Crippen LogP contribution in [-0.4, -0.2) is 5.78 Å². The van der Waals surface area contributed by atoms with Crippen molar-refractivity contribution in [2.24, 2.45) is 0 Å². The van der Waals surface area contributed by atoms with E-state index in [9.17, 15) is 4.79 Å². The highest BCUT2D eigenvalue weighted by Crippen LogP contribution is 2.43. The van der Waals surface area contributed by atoms with Gasteiger partial charge in [0, 0.05) is 5.56 Å². The Bertz CT molecular complexity index is 523. The second-order valence-electron chi connectivity index (χ2n) is 6.55. The molecule has 0 saturated heterocycles. The van der Waals surface area contributed by atoms with Crippen molar-refractivity contribution < 1.29 is 4.79 Å². The molecule has 96 valence electrons. The van der Waals surface area contributed by atoms with E-state index in [2.05, 4.69) is 19.9 Å². The highest BCUT2D eigenvalue weighted by molar-refractivity contribution is 5.96. The number of fused-ring (bicyclic) bond motifs is 3. The van der Waals surface area contributed by atoms with Crippen LogP contribution in [0, 0.1) is 0 Å². The Morgan fingerprint density at radius 1 is 1.06 bits per heavy atom. The molecule has 0 fully saturated rings. The second kappa shape index (κ2) is 3.94. The zero-order chi connectivity index (χ0) is 12.9. The first-order valence-corrected chi connectivity index (χ1v) is 7.20. The molecule has 1 nitrogen and oxygen atoms in total. The first kappa shape index (κ1) is 12.0. The van der Waals surface area contributed by atoms with E-state index in [0.717, 1.165) is 12.0 Å². The van der Waals surface area contributed by atoms with E-state index in [1.165, 1.54) is 48.8 Å². The highest BCUT2D eigenvalue weighted by atomic mass is 16.1. The summed E-state index contributed by atoms with van der Waals surface area (Å²) in [5.41, 5.74) is 7.22. The summed E-state index contributed by atoms with van der Waals surface area (Å²) in [5.74, 6) is 0.249. The lowest BCUT2D eigenvalue weighted by atomic mass is 9.79. The van der Waals surface area contributed by atoms with Crippen LogP contribution in [0.15, 0.2) is 6.07 Å². The Hall–Kier alpha value is -1.11. The van der Waals surface area contributed by atoms with Gasteiger partial charge in [0.15, 0.2) is 5.78 Å². The van der Waals surface area contributed by atoms with E-state index in [1.807, 2.05) is 0 Å². The molecule has 0 heterocycles. The monoisotopic (exact) mass is 242 g/mol. The van der Waals surface area contributed by atoms with Crippen LogP contribution in [0.4, 0.5) is 0 Å². The molecule has 0 N–H and O–H groups in total. The van der Waals surface area contributed by atoms with Crippen molar-refractivity contribution in [1.29, 1.82) is 0 Å². The third kappa shape index (κ3) is 1.64. The lowest BCUT2D eigenvalue weighted by Crippen LogP contribution is -2.17. The van der Waals surface area contributed by atoms with Gasteiger partial charge in [-0.2, -0.15) is 0 Å². The molecule has 0 aromatic heterocycles. The zero-order valence-electron chi connectivity index (χ0n) is 11.7. The third-order valence-corrected chi connectivity index (χ3v) is 4.88. The lowest BCUT2D eigenvalue weighted by molar-refractivity contribution is 0.101. The summed E-state index contributed by atoms with van der Waals surface area (Å²) in [4.78, 5) is 11.9. The van der Waals surface area contributed by atoms with Crippen molar-refractivity contribution in [2.75, 3.05) is 0 Å². The molecule has 2 aliphatic rings. The molecule has 0 bridgehead atoms. The molecule has 1 aromatic carbocycles. The van der Waals surface area contributed by atoms with Gasteiger partial charge in [0.2, 0.25) is 0 Å². The Morgan fingerprint density at radius 2 is 1.72 bits per heavy atom. The average Bonchev–Trinajstić information content (AvgIpc) is 2.64. The van der Waals surface area contributed by atoms with Gasteiger partial charge >= 0.3 is 0 Å². The van der Waals surface area contributed by atoms with Crippen LogP contribution in [0.2, 0.25) is 0 Å². The fourth-order valence-electron chi connectivity index (χ4n) is 3.79. The number of rotatable bonds is 1. The highest BCUT2D eigenvalue weighted by Gasteiger charge is 2.34. The third-order valence-electron chi connectivity index (χ3n) is 4.88. The largest absolute Gasteiger partial charge is 0.295 e. The lowest BCUT2D eigenvalue weighted by Gasteiger charge is -2.25. The van der Waals surface area contributed by atoms with Crippen LogP contribution in [0.5, 0.6) is 0 Å². The predicted molar refractivity (Wildman–Crippen MR) is 74.4 cm³/mol. The normalized spacial score (nSPS) is 20.4. The summed E-state index contributed by atoms with van der Waals surface area (Å²) < 4.78 is 0. The summed E-state index contributed by atoms with van der Waals surface area (Å²) in [5, 5.41) is 0. The van der Waals surface area contributed by atoms with Gasteiger partial charge in [-0.3, -0.25) is 4.79 Å². The molecule has 18 heavy (non-hydrogen) atoms. The summed E-state index contributed by atoms with van der Waals surface area (Å²) in [7, 11) is 0. The molecule has 0 spiro atoms. The van der Waals surface area contributed by atoms with Crippen LogP contribution in [0.1, 0.15) is 72.6 Å². The minimum atomic E-state index is 0.249. The van der Waals surface area contributed by atoms with Crippen molar-refractivity contribution in [3.05, 3.63) is 33.9 Å². The molecule has 0 amide bonds. The summed E-state index contributed by atoms with van der Waals surface area (Å²) in [6.45, 7) is 6.36. The topological polar surface area (TPSA) is 17.1 Å². The molecule has 1 heteroatoms. The van der Waals surface area contributed by atoms with Crippen molar-refractivity contribution in [3.8, 4) is 0 Å². The number of carbonyl (C=O) groups is 1. The van der Waals surface area contributed by atoms with Crippen LogP contribution in [-0.2, 0) is 24.7 Å². The van der Waals surface area contributed by atoms with Gasteiger partial charge < -0.3 is 0 Å². The molecule has 0 atom stereocenters. The quantitative estimate of drug-likeness (QED) is 0.680. The van der Waals surface area contributed by atoms with Crippen molar-refractivity contribution in [3.63, 3.8) is 0 Å². The number of ketones is 1. The maximum atomic E-state index is 11.9. The molecule has 0 unspecified atom stereocenters. The van der Waals surface area contributed by atoms with Crippen molar-refractivity contribution in [2.45, 2.75) is 64.7 Å². The van der Waals surface area contributed by atoms with Crippen LogP contribution < -0.4 is 0 Å². The number of benzene rings is 1. The minimum absolute atomic E-state index is 0.249. The number of hydrogen-bond acceptors (Lipinski definition) is 1. The van der Waals surface area contributed by atoms with E-state index in [4.69, 9.17) is 0 Å². The summed E-state index contributed by atoms with van der Waals surface area (Å²) in [6, 6.07) is 2.22. The second-order valence-corrected chi connectivity index (χ2v) is 6.55. The van der Waals surface area contributed by atoms with Crippen molar-refractivity contribution in [1.82, 2.24) is 0 Å². The number of hydrogen-bond donors (Lipinski definition) is 0. The van der Waals surface area contributed by atoms with Gasteiger partial charge in [0.25, 0.3) is 0 Å². The summed E-state index contributed by atoms with van der Waals surface area (Å²) in [6.07, 6.45) is 7.28. The molecular weight excluding hydrogens is 220 g/mol. The van der Waals surface area contributed by atoms with Gasteiger partial charge in [-0.1, -0.05) is 13.8 Å². The molecule has 0 radical (unpaired) electrons. The fourth-order valence-corrected chi connectivity index (χ4v) is 3.79. The Morgan fingerprint density at radius 3 is 2.39 bits per heavy atom. The van der Waals surface area contributed by atoms with Gasteiger partial charge in [-0.15, -0.1) is 0 Å². The SMILES string of the molecule is CC(=O)c1cc2c(c3c1CCCC3)CCC2(C)C. The van der Waals surface area contributed by atoms with Crippen LogP contribution in [0.25, 0.3) is 0 Å². The molecule has 2 aliphatic carbocycles. The average molecular weight is 242 g/mol. The van der Waals surface area contributed by atoms with E-state index < -0.39 is 0 Å². The van der Waals surface area contributed by atoms with Crippen LogP contribution in [0.3, 0.4) is 0 Å². The minimum Gasteiger partial charge on any atom is -0.295 e. The number of Topliss-reactive ketones (excluding diaryl/α,β-unsaturated/α-hetero) is 1. The molecule has 0 saturated carbocycles. The zero-order valence-corrected chi connectivity index (χ0v) is 11.7. The van der Waals surface area contributed by atoms with Gasteiger partial charge in [-0.05, 0) is 79.2 Å². The van der Waals surface area contributed by atoms with E-state index >= 15 is 0 Å². The smallest absolute Gasteiger partial charge is 0.160 e. The number of carbonyl (C=O) groups excluding carboxylic acids is 1. The first-order chi connectivity index (χ1) is 8.50. The maximum absolute atomic E-state index is 11.9. The van der Waals surface area contributed by atoms with Gasteiger partial charge in [0.1, 0.15) is 0 Å². The Labute approximate surface area is 110 Å². The molecule has 0 aliphatic heterocycles. The Kier molecular flexibility index (Phi) is 2.62. The predicted octanol–water partition coefficient (Wildman–Crippen LogP) is 3.99. The molecule has 3 rings (SSSR count). The van der Waals surface area contributed by atoms with Crippen LogP contribution >= 0.6 is 0 Å². The maximum Gasteiger partial charge on any atom is 0.160 e. The standard InChI is InChI=1S/C17H22O/c1-11(18)15-10-16-14(8-9-17(16,2)3)12-6-4-5-7-13(12)15/h10H,4-9H2,1-3H3. The van der Waals surface area contributed by atoms with Crippen molar-refractivity contribution >= 4 is 5.78 Å². The van der Waals surface area contributed by atoms with Gasteiger partial charge in [-0.25, -0.2) is 0 Å². The Balaban J connectivity index is 2.28.